The first-order chi connectivity index (χ1) is 15.7. The van der Waals surface area contributed by atoms with Gasteiger partial charge in [0.05, 0.1) is 12.2 Å². The van der Waals surface area contributed by atoms with Gasteiger partial charge in [0, 0.05) is 12.1 Å². The Kier molecular flexibility index (Phi) is 8.44. The highest BCUT2D eigenvalue weighted by atomic mass is 16.6. The second kappa shape index (κ2) is 10.6. The van der Waals surface area contributed by atoms with Crippen LogP contribution in [0.5, 0.6) is 0 Å². The van der Waals surface area contributed by atoms with Crippen LogP contribution in [0.2, 0.25) is 0 Å². The number of hydrogen-bond donors (Lipinski definition) is 4. The summed E-state index contributed by atoms with van der Waals surface area (Å²) in [5.74, 6) is 1.48. The Labute approximate surface area is 204 Å². The Bertz CT molecular complexity index is 627. The fraction of sp³-hybridized carbons (Fsp3) is 0.923. The molecule has 4 aliphatic carbocycles. The molecule has 0 aromatic rings. The SMILES string of the molecule is CC(C)(C)OC(=O)NC1C[C@H]2CC[C@@H](C1)C2O.CC(C)(C)OC(=O)NC1C[C@H]2CC[C@@H](C1)C2O. The highest BCUT2D eigenvalue weighted by molar-refractivity contribution is 5.68. The van der Waals surface area contributed by atoms with E-state index in [0.717, 1.165) is 51.4 Å². The minimum atomic E-state index is -0.447. The summed E-state index contributed by atoms with van der Waals surface area (Å²) in [5, 5.41) is 25.7. The molecule has 0 heterocycles. The average molecular weight is 483 g/mol. The van der Waals surface area contributed by atoms with Crippen LogP contribution in [0.3, 0.4) is 0 Å². The van der Waals surface area contributed by atoms with Gasteiger partial charge in [-0.25, -0.2) is 9.59 Å². The minimum absolute atomic E-state index is 0.147. The van der Waals surface area contributed by atoms with Crippen molar-refractivity contribution in [2.45, 2.75) is 128 Å². The molecule has 4 fully saturated rings. The number of aliphatic hydroxyl groups excluding tert-OH is 2. The quantitative estimate of drug-likeness (QED) is 0.470. The monoisotopic (exact) mass is 482 g/mol. The Hall–Kier alpha value is -1.54. The van der Waals surface area contributed by atoms with Crippen LogP contribution in [0.1, 0.15) is 92.9 Å². The van der Waals surface area contributed by atoms with E-state index in [-0.39, 0.29) is 36.5 Å². The molecular weight excluding hydrogens is 436 g/mol. The van der Waals surface area contributed by atoms with Crippen molar-refractivity contribution >= 4 is 12.2 Å². The highest BCUT2D eigenvalue weighted by Crippen LogP contribution is 2.43. The molecule has 4 aliphatic rings. The maximum absolute atomic E-state index is 11.6. The van der Waals surface area contributed by atoms with Crippen LogP contribution in [0.25, 0.3) is 0 Å². The van der Waals surface area contributed by atoms with E-state index in [2.05, 4.69) is 10.6 Å². The van der Waals surface area contributed by atoms with Gasteiger partial charge in [-0.3, -0.25) is 0 Å². The number of amides is 2. The first-order valence-corrected chi connectivity index (χ1v) is 13.1. The summed E-state index contributed by atoms with van der Waals surface area (Å²) in [7, 11) is 0. The van der Waals surface area contributed by atoms with E-state index < -0.39 is 11.2 Å². The smallest absolute Gasteiger partial charge is 0.407 e. The lowest BCUT2D eigenvalue weighted by molar-refractivity contribution is 0.0302. The summed E-state index contributed by atoms with van der Waals surface area (Å²) in [6.07, 6.45) is 6.96. The van der Waals surface area contributed by atoms with Crippen molar-refractivity contribution in [1.29, 1.82) is 0 Å². The summed E-state index contributed by atoms with van der Waals surface area (Å²) in [6, 6.07) is 0.344. The first kappa shape index (κ1) is 27.1. The molecule has 196 valence electrons. The summed E-state index contributed by atoms with van der Waals surface area (Å²) in [4.78, 5) is 23.3. The maximum Gasteiger partial charge on any atom is 0.407 e. The number of ether oxygens (including phenoxy) is 2. The third-order valence-electron chi connectivity index (χ3n) is 7.54. The van der Waals surface area contributed by atoms with E-state index in [1.54, 1.807) is 0 Å². The molecule has 0 aromatic carbocycles. The molecule has 4 unspecified atom stereocenters. The minimum Gasteiger partial charge on any atom is -0.444 e. The number of alkyl carbamates (subject to hydrolysis) is 2. The van der Waals surface area contributed by atoms with E-state index in [9.17, 15) is 19.8 Å². The predicted octanol–water partition coefficient (Wildman–Crippen LogP) is 4.12. The topological polar surface area (TPSA) is 117 Å². The van der Waals surface area contributed by atoms with E-state index in [1.165, 1.54) is 0 Å². The van der Waals surface area contributed by atoms with Crippen molar-refractivity contribution in [3.8, 4) is 0 Å². The van der Waals surface area contributed by atoms with E-state index in [1.807, 2.05) is 41.5 Å². The van der Waals surface area contributed by atoms with Gasteiger partial charge in [0.2, 0.25) is 0 Å². The predicted molar refractivity (Wildman–Crippen MR) is 129 cm³/mol. The van der Waals surface area contributed by atoms with Gasteiger partial charge in [-0.05, 0) is 117 Å². The molecule has 0 spiro atoms. The van der Waals surface area contributed by atoms with Crippen LogP contribution in [0.4, 0.5) is 9.59 Å². The summed E-state index contributed by atoms with van der Waals surface area (Å²) < 4.78 is 10.5. The lowest BCUT2D eigenvalue weighted by Crippen LogP contribution is -2.45. The number of fused-ring (bicyclic) bond motifs is 4. The molecule has 8 nitrogen and oxygen atoms in total. The van der Waals surface area contributed by atoms with Crippen molar-refractivity contribution in [3.63, 3.8) is 0 Å². The Morgan fingerprint density at radius 2 is 0.882 bits per heavy atom. The van der Waals surface area contributed by atoms with Crippen molar-refractivity contribution in [2.24, 2.45) is 23.7 Å². The molecule has 4 N–H and O–H groups in total. The fourth-order valence-electron chi connectivity index (χ4n) is 6.18. The van der Waals surface area contributed by atoms with Crippen molar-refractivity contribution < 1.29 is 29.3 Å². The fourth-order valence-corrected chi connectivity index (χ4v) is 6.18. The molecule has 4 bridgehead atoms. The van der Waals surface area contributed by atoms with Gasteiger partial charge < -0.3 is 30.3 Å². The first-order valence-electron chi connectivity index (χ1n) is 13.1. The molecule has 8 atom stereocenters. The van der Waals surface area contributed by atoms with Gasteiger partial charge in [-0.2, -0.15) is 0 Å². The van der Waals surface area contributed by atoms with Gasteiger partial charge in [0.25, 0.3) is 0 Å². The molecule has 4 rings (SSSR count). The normalized spacial score (nSPS) is 36.7. The van der Waals surface area contributed by atoms with E-state index in [0.29, 0.717) is 23.7 Å². The summed E-state index contributed by atoms with van der Waals surface area (Å²) in [5.41, 5.74) is -0.894. The molecule has 0 saturated heterocycles. The van der Waals surface area contributed by atoms with E-state index >= 15 is 0 Å². The third-order valence-corrected chi connectivity index (χ3v) is 7.54. The molecule has 0 aliphatic heterocycles. The van der Waals surface area contributed by atoms with Gasteiger partial charge in [0.1, 0.15) is 11.2 Å². The lowest BCUT2D eigenvalue weighted by atomic mass is 9.83. The Morgan fingerprint density at radius 1 is 0.618 bits per heavy atom. The zero-order chi connectivity index (χ0) is 25.3. The molecule has 4 saturated carbocycles. The zero-order valence-electron chi connectivity index (χ0n) is 21.8. The van der Waals surface area contributed by atoms with Gasteiger partial charge in [-0.1, -0.05) is 0 Å². The van der Waals surface area contributed by atoms with Crippen LogP contribution < -0.4 is 10.6 Å². The van der Waals surface area contributed by atoms with Crippen LogP contribution in [0.15, 0.2) is 0 Å². The lowest BCUT2D eigenvalue weighted by Gasteiger charge is -2.33. The molecule has 0 aromatic heterocycles. The number of carbonyl (C=O) groups excluding carboxylic acids is 2. The van der Waals surface area contributed by atoms with Crippen molar-refractivity contribution in [1.82, 2.24) is 10.6 Å². The summed E-state index contributed by atoms with van der Waals surface area (Å²) >= 11 is 0. The second-order valence-corrected chi connectivity index (χ2v) is 12.8. The Morgan fingerprint density at radius 3 is 1.12 bits per heavy atom. The van der Waals surface area contributed by atoms with Gasteiger partial charge >= 0.3 is 12.2 Å². The number of aliphatic hydroxyl groups is 2. The maximum atomic E-state index is 11.6. The molecule has 0 radical (unpaired) electrons. The molecule has 2 amide bonds. The standard InChI is InChI=1S/2C13H23NO3/c2*1-13(2,3)17-12(16)14-10-6-8-4-5-9(7-10)11(8)15/h2*8-11,15H,4-7H2,1-3H3,(H,14,16)/t2*8-,9+,10?,11?. The van der Waals surface area contributed by atoms with Crippen LogP contribution in [0, 0.1) is 23.7 Å². The largest absolute Gasteiger partial charge is 0.444 e. The van der Waals surface area contributed by atoms with Crippen LogP contribution in [-0.2, 0) is 9.47 Å². The average Bonchev–Trinajstić information content (AvgIpc) is 3.00. The van der Waals surface area contributed by atoms with E-state index in [4.69, 9.17) is 9.47 Å². The third kappa shape index (κ3) is 7.74. The van der Waals surface area contributed by atoms with Gasteiger partial charge in [-0.15, -0.1) is 0 Å². The van der Waals surface area contributed by atoms with Crippen LogP contribution >= 0.6 is 0 Å². The second-order valence-electron chi connectivity index (χ2n) is 12.8. The van der Waals surface area contributed by atoms with Crippen molar-refractivity contribution in [3.05, 3.63) is 0 Å². The zero-order valence-corrected chi connectivity index (χ0v) is 21.8. The highest BCUT2D eigenvalue weighted by Gasteiger charge is 2.43. The van der Waals surface area contributed by atoms with Crippen LogP contribution in [-0.4, -0.2) is 57.9 Å². The number of carbonyl (C=O) groups is 2. The molecule has 34 heavy (non-hydrogen) atoms. The number of hydrogen-bond acceptors (Lipinski definition) is 6. The number of rotatable bonds is 2. The Balaban J connectivity index is 0.000000191. The molecule has 8 heteroatoms. The number of nitrogens with one attached hydrogen (secondary N) is 2. The van der Waals surface area contributed by atoms with Gasteiger partial charge in [0.15, 0.2) is 0 Å². The molecular formula is C26H46N2O6. The van der Waals surface area contributed by atoms with Crippen molar-refractivity contribution in [2.75, 3.05) is 0 Å². The summed E-state index contributed by atoms with van der Waals surface area (Å²) in [6.45, 7) is 11.2.